The van der Waals surface area contributed by atoms with E-state index in [0.717, 1.165) is 29.9 Å². The van der Waals surface area contributed by atoms with E-state index in [4.69, 9.17) is 0 Å². The molecule has 0 amide bonds. The average Bonchev–Trinajstić information content (AvgIpc) is 2.81. The van der Waals surface area contributed by atoms with Crippen LogP contribution in [0.15, 0.2) is 46.0 Å². The van der Waals surface area contributed by atoms with Gasteiger partial charge in [0.15, 0.2) is 5.96 Å². The van der Waals surface area contributed by atoms with Gasteiger partial charge in [-0.25, -0.2) is 0 Å². The van der Waals surface area contributed by atoms with E-state index in [2.05, 4.69) is 86.3 Å². The normalized spacial score (nSPS) is 16.0. The lowest BCUT2D eigenvalue weighted by Gasteiger charge is -2.32. The van der Waals surface area contributed by atoms with Crippen LogP contribution in [0.25, 0.3) is 0 Å². The van der Waals surface area contributed by atoms with Crippen LogP contribution in [0.1, 0.15) is 22.7 Å². The zero-order chi connectivity index (χ0) is 16.4. The molecule has 3 rings (SSSR count). The summed E-state index contributed by atoms with van der Waals surface area (Å²) in [4.78, 5) is 6.58. The molecular formula is C18H24BrIN4. The lowest BCUT2D eigenvalue weighted by atomic mass is 9.78. The first-order valence-corrected chi connectivity index (χ1v) is 8.68. The molecule has 1 heterocycles. The fraction of sp³-hybridized carbons (Fsp3) is 0.389. The Morgan fingerprint density at radius 2 is 2.17 bits per heavy atom. The number of aromatic nitrogens is 1. The molecule has 0 spiro atoms. The monoisotopic (exact) mass is 502 g/mol. The van der Waals surface area contributed by atoms with Gasteiger partial charge < -0.3 is 14.8 Å². The van der Waals surface area contributed by atoms with Gasteiger partial charge in [-0.3, -0.25) is 4.99 Å². The second kappa shape index (κ2) is 8.38. The largest absolute Gasteiger partial charge is 0.356 e. The van der Waals surface area contributed by atoms with Gasteiger partial charge in [-0.15, -0.1) is 24.0 Å². The van der Waals surface area contributed by atoms with E-state index in [9.17, 15) is 0 Å². The van der Waals surface area contributed by atoms with Gasteiger partial charge in [0.05, 0.1) is 6.54 Å². The molecular weight excluding hydrogens is 479 g/mol. The summed E-state index contributed by atoms with van der Waals surface area (Å²) >= 11 is 3.52. The molecule has 1 aliphatic rings. The van der Waals surface area contributed by atoms with Gasteiger partial charge in [-0.05, 0) is 39.5 Å². The summed E-state index contributed by atoms with van der Waals surface area (Å²) in [5.41, 5.74) is 4.21. The average molecular weight is 503 g/mol. The summed E-state index contributed by atoms with van der Waals surface area (Å²) in [5.74, 6) is 1.53. The maximum Gasteiger partial charge on any atom is 0.193 e. The number of guanidine groups is 1. The third kappa shape index (κ3) is 4.14. The number of aliphatic imine (C=N–C) groups is 1. The van der Waals surface area contributed by atoms with E-state index in [1.807, 2.05) is 7.05 Å². The Morgan fingerprint density at radius 3 is 2.79 bits per heavy atom. The molecule has 0 radical (unpaired) electrons. The van der Waals surface area contributed by atoms with E-state index in [0.29, 0.717) is 5.92 Å². The van der Waals surface area contributed by atoms with E-state index >= 15 is 0 Å². The van der Waals surface area contributed by atoms with Crippen molar-refractivity contribution in [1.29, 1.82) is 0 Å². The van der Waals surface area contributed by atoms with E-state index < -0.39 is 0 Å². The maximum absolute atomic E-state index is 4.42. The minimum absolute atomic E-state index is 0. The highest BCUT2D eigenvalue weighted by molar-refractivity contribution is 14.0. The van der Waals surface area contributed by atoms with Crippen LogP contribution < -0.4 is 5.32 Å². The van der Waals surface area contributed by atoms with Crippen LogP contribution in [0.5, 0.6) is 0 Å². The van der Waals surface area contributed by atoms with Crippen molar-refractivity contribution in [3.63, 3.8) is 0 Å². The highest BCUT2D eigenvalue weighted by Crippen LogP contribution is 2.34. The lowest BCUT2D eigenvalue weighted by Crippen LogP contribution is -2.42. The molecule has 0 bridgehead atoms. The predicted octanol–water partition coefficient (Wildman–Crippen LogP) is 3.75. The van der Waals surface area contributed by atoms with Gasteiger partial charge in [-0.1, -0.05) is 24.3 Å². The van der Waals surface area contributed by atoms with Crippen molar-refractivity contribution in [3.05, 3.63) is 57.8 Å². The van der Waals surface area contributed by atoms with Gasteiger partial charge in [0.2, 0.25) is 0 Å². The third-order valence-electron chi connectivity index (χ3n) is 4.51. The number of halogens is 2. The molecule has 1 aromatic carbocycles. The second-order valence-corrected chi connectivity index (χ2v) is 7.06. The first kappa shape index (κ1) is 19.3. The SMILES string of the molecule is CN=C(NCC1Cc2ccccc21)N(C)Cc1cc(Br)cn1C.I. The lowest BCUT2D eigenvalue weighted by molar-refractivity contribution is 0.454. The van der Waals surface area contributed by atoms with Gasteiger partial charge >= 0.3 is 0 Å². The van der Waals surface area contributed by atoms with E-state index in [-0.39, 0.29) is 24.0 Å². The van der Waals surface area contributed by atoms with Crippen LogP contribution in [-0.2, 0) is 20.0 Å². The smallest absolute Gasteiger partial charge is 0.193 e. The number of rotatable bonds is 4. The Morgan fingerprint density at radius 1 is 1.42 bits per heavy atom. The molecule has 1 unspecified atom stereocenters. The molecule has 6 heteroatoms. The van der Waals surface area contributed by atoms with Crippen molar-refractivity contribution in [1.82, 2.24) is 14.8 Å². The van der Waals surface area contributed by atoms with Gasteiger partial charge in [0.1, 0.15) is 0 Å². The van der Waals surface area contributed by atoms with Gasteiger partial charge in [0.25, 0.3) is 0 Å². The molecule has 4 nitrogen and oxygen atoms in total. The Hall–Kier alpha value is -1.02. The van der Waals surface area contributed by atoms with Crippen LogP contribution in [0.3, 0.4) is 0 Å². The van der Waals surface area contributed by atoms with Crippen LogP contribution in [0.4, 0.5) is 0 Å². The van der Waals surface area contributed by atoms with Crippen molar-refractivity contribution in [2.45, 2.75) is 18.9 Å². The van der Waals surface area contributed by atoms with Crippen molar-refractivity contribution in [2.75, 3.05) is 20.6 Å². The predicted molar refractivity (Wildman–Crippen MR) is 114 cm³/mol. The van der Waals surface area contributed by atoms with Gasteiger partial charge in [-0.2, -0.15) is 0 Å². The first-order chi connectivity index (χ1) is 11.1. The standard InChI is InChI=1S/C18H23BrN4.HI/c1-20-18(23(3)12-16-9-15(19)11-22(16)2)21-10-14-8-13-6-4-5-7-17(13)14;/h4-7,9,11,14H,8,10,12H2,1-3H3,(H,20,21);1H. The summed E-state index contributed by atoms with van der Waals surface area (Å²) in [5, 5.41) is 3.51. The topological polar surface area (TPSA) is 32.6 Å². The number of hydrogen-bond donors (Lipinski definition) is 1. The molecule has 2 aromatic rings. The third-order valence-corrected chi connectivity index (χ3v) is 4.95. The number of benzene rings is 1. The summed E-state index contributed by atoms with van der Waals surface area (Å²) in [6.45, 7) is 1.76. The van der Waals surface area contributed by atoms with E-state index in [1.54, 1.807) is 0 Å². The molecule has 0 fully saturated rings. The van der Waals surface area contributed by atoms with Gasteiger partial charge in [0, 0.05) is 50.0 Å². The Balaban J connectivity index is 0.00000208. The number of hydrogen-bond acceptors (Lipinski definition) is 1. The highest BCUT2D eigenvalue weighted by atomic mass is 127. The number of nitrogens with one attached hydrogen (secondary N) is 1. The highest BCUT2D eigenvalue weighted by Gasteiger charge is 2.25. The molecule has 1 N–H and O–H groups in total. The molecule has 1 atom stereocenters. The first-order valence-electron chi connectivity index (χ1n) is 7.89. The van der Waals surface area contributed by atoms with Crippen LogP contribution in [0.2, 0.25) is 0 Å². The zero-order valence-electron chi connectivity index (χ0n) is 14.3. The number of fused-ring (bicyclic) bond motifs is 1. The fourth-order valence-corrected chi connectivity index (χ4v) is 3.76. The molecule has 1 aliphatic carbocycles. The summed E-state index contributed by atoms with van der Waals surface area (Å²) in [7, 11) is 5.98. The van der Waals surface area contributed by atoms with Crippen molar-refractivity contribution in [2.24, 2.45) is 12.0 Å². The zero-order valence-corrected chi connectivity index (χ0v) is 18.2. The Labute approximate surface area is 169 Å². The minimum Gasteiger partial charge on any atom is -0.356 e. The quantitative estimate of drug-likeness (QED) is 0.392. The molecule has 0 aliphatic heterocycles. The van der Waals surface area contributed by atoms with Crippen molar-refractivity contribution >= 4 is 45.9 Å². The van der Waals surface area contributed by atoms with Crippen LogP contribution >= 0.6 is 39.9 Å². The molecule has 1 aromatic heterocycles. The second-order valence-electron chi connectivity index (χ2n) is 6.14. The fourth-order valence-electron chi connectivity index (χ4n) is 3.19. The number of nitrogens with zero attached hydrogens (tertiary/aromatic N) is 3. The maximum atomic E-state index is 4.42. The molecule has 0 saturated carbocycles. The van der Waals surface area contributed by atoms with Crippen LogP contribution in [0, 0.1) is 0 Å². The summed E-state index contributed by atoms with van der Waals surface area (Å²) in [6.07, 6.45) is 3.24. The van der Waals surface area contributed by atoms with Crippen molar-refractivity contribution in [3.8, 4) is 0 Å². The summed E-state index contributed by atoms with van der Waals surface area (Å²) < 4.78 is 3.24. The number of aryl methyl sites for hydroxylation is 1. The Kier molecular flexibility index (Phi) is 6.74. The molecule has 130 valence electrons. The Bertz CT molecular complexity index is 726. The molecule has 24 heavy (non-hydrogen) atoms. The summed E-state index contributed by atoms with van der Waals surface area (Å²) in [6, 6.07) is 10.8. The minimum atomic E-state index is 0. The van der Waals surface area contributed by atoms with Crippen molar-refractivity contribution < 1.29 is 0 Å². The van der Waals surface area contributed by atoms with E-state index in [1.165, 1.54) is 16.8 Å². The van der Waals surface area contributed by atoms with Crippen LogP contribution in [-0.4, -0.2) is 36.1 Å². The molecule has 0 saturated heterocycles.